The number of rotatable bonds is 5. The first-order valence-electron chi connectivity index (χ1n) is 7.05. The Kier molecular flexibility index (Phi) is 5.12. The van der Waals surface area contributed by atoms with Crippen molar-refractivity contribution in [1.29, 1.82) is 0 Å². The summed E-state index contributed by atoms with van der Waals surface area (Å²) in [5.41, 5.74) is 0.713. The molecule has 7 nitrogen and oxygen atoms in total. The van der Waals surface area contributed by atoms with Crippen molar-refractivity contribution in [2.75, 3.05) is 6.54 Å². The Balaban J connectivity index is 2.35. The highest BCUT2D eigenvalue weighted by molar-refractivity contribution is 5.98. The largest absolute Gasteiger partial charge is 0.502 e. The van der Waals surface area contributed by atoms with Gasteiger partial charge in [0.1, 0.15) is 0 Å². The van der Waals surface area contributed by atoms with E-state index in [9.17, 15) is 20.0 Å². The van der Waals surface area contributed by atoms with Crippen LogP contribution in [0.2, 0.25) is 0 Å². The molecule has 0 aliphatic rings. The number of carbonyl (C=O) groups excluding carboxylic acids is 1. The van der Waals surface area contributed by atoms with Gasteiger partial charge in [0.05, 0.1) is 29.3 Å². The Morgan fingerprint density at radius 2 is 2.08 bits per heavy atom. The Morgan fingerprint density at radius 1 is 1.38 bits per heavy atom. The number of aromatic hydroxyl groups is 1. The van der Waals surface area contributed by atoms with Crippen LogP contribution >= 0.6 is 0 Å². The van der Waals surface area contributed by atoms with Crippen LogP contribution in [0, 0.1) is 29.4 Å². The average Bonchev–Trinajstić information content (AvgIpc) is 2.54. The van der Waals surface area contributed by atoms with E-state index >= 15 is 0 Å². The van der Waals surface area contributed by atoms with Gasteiger partial charge in [-0.05, 0) is 25.1 Å². The topological polar surface area (TPSA) is 96.6 Å². The first kappa shape index (κ1) is 17.0. The minimum Gasteiger partial charge on any atom is -0.502 e. The number of carbonyl (C=O) groups is 1. The van der Waals surface area contributed by atoms with Crippen LogP contribution in [0.1, 0.15) is 21.7 Å². The highest BCUT2D eigenvalue weighted by Crippen LogP contribution is 2.30. The Labute approximate surface area is 138 Å². The maximum Gasteiger partial charge on any atom is 0.311 e. The van der Waals surface area contributed by atoms with Gasteiger partial charge in [-0.1, -0.05) is 18.1 Å². The normalized spacial score (nSPS) is 10.0. The molecule has 0 saturated heterocycles. The number of aromatic nitrogens is 1. The second kappa shape index (κ2) is 7.24. The summed E-state index contributed by atoms with van der Waals surface area (Å²) in [5, 5.41) is 20.9. The molecule has 0 radical (unpaired) electrons. The maximum absolute atomic E-state index is 12.6. The van der Waals surface area contributed by atoms with Crippen LogP contribution in [0.5, 0.6) is 5.75 Å². The summed E-state index contributed by atoms with van der Waals surface area (Å²) in [4.78, 5) is 28.4. The summed E-state index contributed by atoms with van der Waals surface area (Å²) < 4.78 is 0. The van der Waals surface area contributed by atoms with Gasteiger partial charge in [0.2, 0.25) is 5.75 Å². The van der Waals surface area contributed by atoms with Gasteiger partial charge < -0.3 is 10.0 Å². The van der Waals surface area contributed by atoms with Gasteiger partial charge in [0, 0.05) is 11.8 Å². The first-order valence-corrected chi connectivity index (χ1v) is 7.05. The molecule has 0 spiro atoms. The van der Waals surface area contributed by atoms with Gasteiger partial charge in [0.15, 0.2) is 0 Å². The lowest BCUT2D eigenvalue weighted by Gasteiger charge is -2.20. The third-order valence-electron chi connectivity index (χ3n) is 3.31. The Morgan fingerprint density at radius 3 is 2.71 bits per heavy atom. The van der Waals surface area contributed by atoms with Crippen LogP contribution in [0.3, 0.4) is 0 Å². The van der Waals surface area contributed by atoms with Gasteiger partial charge >= 0.3 is 5.69 Å². The molecule has 0 aliphatic carbocycles. The minimum absolute atomic E-state index is 0.0173. The summed E-state index contributed by atoms with van der Waals surface area (Å²) in [6.07, 6.45) is 5.31. The SMILES string of the molecule is C#CCN(Cc1cccc(C)n1)C(=O)c1cccc([N+](=O)[O-])c1O. The number of nitro groups is 1. The second-order valence-corrected chi connectivity index (χ2v) is 5.07. The van der Waals surface area contributed by atoms with Crippen LogP contribution in [-0.2, 0) is 6.54 Å². The third kappa shape index (κ3) is 3.67. The van der Waals surface area contributed by atoms with E-state index in [4.69, 9.17) is 6.42 Å². The van der Waals surface area contributed by atoms with E-state index in [-0.39, 0.29) is 18.7 Å². The molecule has 1 heterocycles. The molecule has 0 bridgehead atoms. The van der Waals surface area contributed by atoms with E-state index in [1.807, 2.05) is 13.0 Å². The van der Waals surface area contributed by atoms with Crippen LogP contribution < -0.4 is 0 Å². The van der Waals surface area contributed by atoms with Crippen molar-refractivity contribution in [2.24, 2.45) is 0 Å². The molecule has 0 saturated carbocycles. The second-order valence-electron chi connectivity index (χ2n) is 5.07. The van der Waals surface area contributed by atoms with Gasteiger partial charge in [-0.2, -0.15) is 0 Å². The van der Waals surface area contributed by atoms with E-state index in [1.165, 1.54) is 17.0 Å². The number of benzene rings is 1. The van der Waals surface area contributed by atoms with Crippen molar-refractivity contribution in [3.63, 3.8) is 0 Å². The number of terminal acetylenes is 1. The summed E-state index contributed by atoms with van der Waals surface area (Å²) in [5.74, 6) is 1.10. The van der Waals surface area contributed by atoms with Crippen molar-refractivity contribution in [2.45, 2.75) is 13.5 Å². The molecule has 1 N–H and O–H groups in total. The van der Waals surface area contributed by atoms with Gasteiger partial charge in [-0.15, -0.1) is 6.42 Å². The fraction of sp³-hybridized carbons (Fsp3) is 0.176. The predicted octanol–water partition coefficient (Wildman–Crippen LogP) is 2.28. The molecule has 2 rings (SSSR count). The molecule has 7 heteroatoms. The minimum atomic E-state index is -0.750. The first-order chi connectivity index (χ1) is 11.4. The summed E-state index contributed by atoms with van der Waals surface area (Å²) >= 11 is 0. The lowest BCUT2D eigenvalue weighted by molar-refractivity contribution is -0.385. The number of para-hydroxylation sites is 1. The zero-order chi connectivity index (χ0) is 17.7. The number of phenols is 1. The van der Waals surface area contributed by atoms with Crippen LogP contribution in [0.4, 0.5) is 5.69 Å². The molecule has 122 valence electrons. The Hall–Kier alpha value is -3.40. The third-order valence-corrected chi connectivity index (χ3v) is 3.31. The van der Waals surface area contributed by atoms with E-state index in [0.717, 1.165) is 11.8 Å². The number of phenolic OH excluding ortho intramolecular Hbond substituents is 1. The monoisotopic (exact) mass is 325 g/mol. The number of hydrogen-bond acceptors (Lipinski definition) is 5. The number of amides is 1. The highest BCUT2D eigenvalue weighted by Gasteiger charge is 2.24. The molecular weight excluding hydrogens is 310 g/mol. The van der Waals surface area contributed by atoms with Crippen molar-refractivity contribution in [3.8, 4) is 18.1 Å². The summed E-state index contributed by atoms with van der Waals surface area (Å²) in [6.45, 7) is 1.94. The quantitative estimate of drug-likeness (QED) is 0.517. The average molecular weight is 325 g/mol. The summed E-state index contributed by atoms with van der Waals surface area (Å²) in [6, 6.07) is 9.16. The fourth-order valence-corrected chi connectivity index (χ4v) is 2.21. The number of aryl methyl sites for hydroxylation is 1. The maximum atomic E-state index is 12.6. The van der Waals surface area contributed by atoms with E-state index < -0.39 is 22.3 Å². The molecule has 1 amide bonds. The van der Waals surface area contributed by atoms with E-state index in [0.29, 0.717) is 5.69 Å². The van der Waals surface area contributed by atoms with Crippen LogP contribution in [0.15, 0.2) is 36.4 Å². The van der Waals surface area contributed by atoms with Crippen molar-refractivity contribution in [3.05, 3.63) is 63.5 Å². The number of hydrogen-bond donors (Lipinski definition) is 1. The number of pyridine rings is 1. The zero-order valence-electron chi connectivity index (χ0n) is 13.0. The molecule has 0 atom stereocenters. The molecule has 0 unspecified atom stereocenters. The number of nitrogens with zero attached hydrogens (tertiary/aromatic N) is 3. The predicted molar refractivity (Wildman–Crippen MR) is 87.3 cm³/mol. The summed E-state index contributed by atoms with van der Waals surface area (Å²) in [7, 11) is 0. The lowest BCUT2D eigenvalue weighted by atomic mass is 10.1. The van der Waals surface area contributed by atoms with Crippen molar-refractivity contribution < 1.29 is 14.8 Å². The molecule has 1 aromatic carbocycles. The highest BCUT2D eigenvalue weighted by atomic mass is 16.6. The Bertz CT molecular complexity index is 827. The molecule has 24 heavy (non-hydrogen) atoms. The zero-order valence-corrected chi connectivity index (χ0v) is 13.0. The van der Waals surface area contributed by atoms with Gasteiger partial charge in [-0.3, -0.25) is 19.9 Å². The smallest absolute Gasteiger partial charge is 0.311 e. The van der Waals surface area contributed by atoms with Crippen LogP contribution in [0.25, 0.3) is 0 Å². The van der Waals surface area contributed by atoms with Crippen molar-refractivity contribution >= 4 is 11.6 Å². The van der Waals surface area contributed by atoms with E-state index in [1.54, 1.807) is 12.1 Å². The fourth-order valence-electron chi connectivity index (χ4n) is 2.21. The molecule has 2 aromatic rings. The molecule has 0 aliphatic heterocycles. The molecule has 1 aromatic heterocycles. The van der Waals surface area contributed by atoms with Gasteiger partial charge in [-0.25, -0.2) is 0 Å². The van der Waals surface area contributed by atoms with Crippen LogP contribution in [-0.4, -0.2) is 32.4 Å². The van der Waals surface area contributed by atoms with E-state index in [2.05, 4.69) is 10.9 Å². The standard InChI is InChI=1S/C17H15N3O4/c1-3-10-19(11-13-7-4-6-12(2)18-13)17(22)14-8-5-9-15(16(14)21)20(23)24/h1,4-9,21H,10-11H2,2H3. The van der Waals surface area contributed by atoms with Gasteiger partial charge in [0.25, 0.3) is 5.91 Å². The lowest BCUT2D eigenvalue weighted by Crippen LogP contribution is -2.31. The van der Waals surface area contributed by atoms with Crippen molar-refractivity contribution in [1.82, 2.24) is 9.88 Å². The molecule has 0 fully saturated rings. The molecular formula is C17H15N3O4. The number of nitro benzene ring substituents is 1.